The van der Waals surface area contributed by atoms with E-state index < -0.39 is 0 Å². The summed E-state index contributed by atoms with van der Waals surface area (Å²) in [7, 11) is 0. The fourth-order valence-electron chi connectivity index (χ4n) is 2.93. The van der Waals surface area contributed by atoms with Crippen LogP contribution in [0.1, 0.15) is 55.0 Å². The molecule has 106 valence electrons. The van der Waals surface area contributed by atoms with Gasteiger partial charge in [0.05, 0.1) is 6.54 Å². The van der Waals surface area contributed by atoms with Crippen molar-refractivity contribution in [3.63, 3.8) is 0 Å². The number of hydrogen-bond donors (Lipinski definition) is 1. The third kappa shape index (κ3) is 2.88. The minimum Gasteiger partial charge on any atom is -0.326 e. The highest BCUT2D eigenvalue weighted by molar-refractivity contribution is 5.22. The molecular weight excluding hydrogens is 250 g/mol. The summed E-state index contributed by atoms with van der Waals surface area (Å²) in [5, 5.41) is 12.3. The van der Waals surface area contributed by atoms with Gasteiger partial charge in [0.1, 0.15) is 0 Å². The van der Waals surface area contributed by atoms with Crippen molar-refractivity contribution in [2.24, 2.45) is 5.73 Å². The Labute approximate surface area is 119 Å². The Kier molecular flexibility index (Phi) is 4.06. The van der Waals surface area contributed by atoms with E-state index >= 15 is 0 Å². The maximum Gasteiger partial charge on any atom is 0.154 e. The van der Waals surface area contributed by atoms with Gasteiger partial charge in [0.25, 0.3) is 0 Å². The summed E-state index contributed by atoms with van der Waals surface area (Å²) in [6.07, 6.45) is 6.36. The van der Waals surface area contributed by atoms with Gasteiger partial charge in [0.15, 0.2) is 5.82 Å². The van der Waals surface area contributed by atoms with Gasteiger partial charge < -0.3 is 5.73 Å². The number of aromatic nitrogens is 4. The molecule has 3 rings (SSSR count). The smallest absolute Gasteiger partial charge is 0.154 e. The second kappa shape index (κ2) is 6.13. The molecule has 0 spiro atoms. The fraction of sp³-hybridized carbons (Fsp3) is 0.533. The van der Waals surface area contributed by atoms with Crippen LogP contribution in [0.3, 0.4) is 0 Å². The first-order valence-electron chi connectivity index (χ1n) is 7.41. The lowest BCUT2D eigenvalue weighted by atomic mass is 9.89. The first-order valence-corrected chi connectivity index (χ1v) is 7.41. The van der Waals surface area contributed by atoms with Crippen LogP contribution in [0.4, 0.5) is 0 Å². The molecule has 0 bridgehead atoms. The zero-order valence-corrected chi connectivity index (χ0v) is 11.7. The molecule has 1 aromatic heterocycles. The van der Waals surface area contributed by atoms with E-state index in [1.807, 2.05) is 4.68 Å². The highest BCUT2D eigenvalue weighted by Gasteiger charge is 2.21. The molecule has 5 heteroatoms. The van der Waals surface area contributed by atoms with Gasteiger partial charge in [-0.25, -0.2) is 4.68 Å². The van der Waals surface area contributed by atoms with Crippen molar-refractivity contribution in [1.82, 2.24) is 20.2 Å². The third-order valence-electron chi connectivity index (χ3n) is 4.12. The van der Waals surface area contributed by atoms with Gasteiger partial charge in [0, 0.05) is 12.5 Å². The van der Waals surface area contributed by atoms with Gasteiger partial charge in [-0.1, -0.05) is 43.5 Å². The Hall–Kier alpha value is -1.75. The molecule has 0 atom stereocenters. The van der Waals surface area contributed by atoms with E-state index in [-0.39, 0.29) is 0 Å². The molecule has 1 aliphatic carbocycles. The SMILES string of the molecule is NCc1ccc(Cn2nnnc2C2CCCCC2)cc1. The molecule has 0 radical (unpaired) electrons. The number of benzene rings is 1. The molecule has 0 amide bonds. The van der Waals surface area contributed by atoms with E-state index in [2.05, 4.69) is 39.8 Å². The zero-order valence-electron chi connectivity index (χ0n) is 11.7. The minimum absolute atomic E-state index is 0.530. The zero-order chi connectivity index (χ0) is 13.8. The van der Waals surface area contributed by atoms with Crippen LogP contribution < -0.4 is 5.73 Å². The number of hydrogen-bond acceptors (Lipinski definition) is 4. The standard InChI is InChI=1S/C15H21N5/c16-10-12-6-8-13(9-7-12)11-20-15(17-18-19-20)14-4-2-1-3-5-14/h6-9,14H,1-5,10-11,16H2. The molecular formula is C15H21N5. The Morgan fingerprint density at radius 3 is 2.45 bits per heavy atom. The molecule has 1 aliphatic rings. The lowest BCUT2D eigenvalue weighted by Crippen LogP contribution is -2.14. The van der Waals surface area contributed by atoms with Crippen LogP contribution in [0.15, 0.2) is 24.3 Å². The Morgan fingerprint density at radius 2 is 1.75 bits per heavy atom. The molecule has 5 nitrogen and oxygen atoms in total. The van der Waals surface area contributed by atoms with E-state index in [0.29, 0.717) is 12.5 Å². The molecule has 20 heavy (non-hydrogen) atoms. The predicted octanol–water partition coefficient (Wildman–Crippen LogP) is 2.23. The van der Waals surface area contributed by atoms with Crippen LogP contribution in [0.5, 0.6) is 0 Å². The number of nitrogens with zero attached hydrogens (tertiary/aromatic N) is 4. The lowest BCUT2D eigenvalue weighted by molar-refractivity contribution is 0.412. The summed E-state index contributed by atoms with van der Waals surface area (Å²) in [5.74, 6) is 1.58. The van der Waals surface area contributed by atoms with Gasteiger partial charge in [-0.05, 0) is 34.4 Å². The van der Waals surface area contributed by atoms with E-state index in [1.54, 1.807) is 0 Å². The maximum atomic E-state index is 5.62. The van der Waals surface area contributed by atoms with Crippen LogP contribution in [-0.2, 0) is 13.1 Å². The van der Waals surface area contributed by atoms with Gasteiger partial charge in [0.2, 0.25) is 0 Å². The number of tetrazole rings is 1. The van der Waals surface area contributed by atoms with Crippen molar-refractivity contribution in [3.05, 3.63) is 41.2 Å². The van der Waals surface area contributed by atoms with Crippen LogP contribution in [0, 0.1) is 0 Å². The fourth-order valence-corrected chi connectivity index (χ4v) is 2.93. The van der Waals surface area contributed by atoms with Crippen LogP contribution in [-0.4, -0.2) is 20.2 Å². The molecule has 2 aromatic rings. The highest BCUT2D eigenvalue weighted by atomic mass is 15.5. The lowest BCUT2D eigenvalue weighted by Gasteiger charge is -2.20. The Bertz CT molecular complexity index is 540. The number of rotatable bonds is 4. The summed E-state index contributed by atoms with van der Waals surface area (Å²) in [5.41, 5.74) is 7.99. The van der Waals surface area contributed by atoms with Crippen molar-refractivity contribution in [2.75, 3.05) is 0 Å². The van der Waals surface area contributed by atoms with Crippen molar-refractivity contribution in [1.29, 1.82) is 0 Å². The molecule has 1 aromatic carbocycles. The Morgan fingerprint density at radius 1 is 1.05 bits per heavy atom. The van der Waals surface area contributed by atoms with Crippen LogP contribution >= 0.6 is 0 Å². The summed E-state index contributed by atoms with van der Waals surface area (Å²) in [6, 6.07) is 8.35. The second-order valence-corrected chi connectivity index (χ2v) is 5.55. The molecule has 0 unspecified atom stereocenters. The van der Waals surface area contributed by atoms with E-state index in [9.17, 15) is 0 Å². The maximum absolute atomic E-state index is 5.62. The van der Waals surface area contributed by atoms with Gasteiger partial charge in [-0.3, -0.25) is 0 Å². The average Bonchev–Trinajstić information content (AvgIpc) is 2.97. The van der Waals surface area contributed by atoms with Gasteiger partial charge in [-0.2, -0.15) is 0 Å². The summed E-state index contributed by atoms with van der Waals surface area (Å²) >= 11 is 0. The largest absolute Gasteiger partial charge is 0.326 e. The summed E-state index contributed by atoms with van der Waals surface area (Å²) in [4.78, 5) is 0. The summed E-state index contributed by atoms with van der Waals surface area (Å²) in [6.45, 7) is 1.32. The topological polar surface area (TPSA) is 69.6 Å². The molecule has 0 aliphatic heterocycles. The highest BCUT2D eigenvalue weighted by Crippen LogP contribution is 2.31. The van der Waals surface area contributed by atoms with E-state index in [1.165, 1.54) is 37.7 Å². The van der Waals surface area contributed by atoms with Crippen molar-refractivity contribution in [2.45, 2.75) is 51.1 Å². The van der Waals surface area contributed by atoms with Crippen molar-refractivity contribution < 1.29 is 0 Å². The summed E-state index contributed by atoms with van der Waals surface area (Å²) < 4.78 is 1.95. The minimum atomic E-state index is 0.530. The average molecular weight is 271 g/mol. The normalized spacial score (nSPS) is 16.4. The van der Waals surface area contributed by atoms with Crippen LogP contribution in [0.25, 0.3) is 0 Å². The number of nitrogens with two attached hydrogens (primary N) is 1. The third-order valence-corrected chi connectivity index (χ3v) is 4.12. The van der Waals surface area contributed by atoms with E-state index in [0.717, 1.165) is 17.9 Å². The molecule has 0 saturated heterocycles. The predicted molar refractivity (Wildman–Crippen MR) is 77.1 cm³/mol. The van der Waals surface area contributed by atoms with Gasteiger partial charge in [-0.15, -0.1) is 5.10 Å². The quantitative estimate of drug-likeness (QED) is 0.925. The first kappa shape index (κ1) is 13.2. The molecule has 1 fully saturated rings. The van der Waals surface area contributed by atoms with Gasteiger partial charge >= 0.3 is 0 Å². The van der Waals surface area contributed by atoms with Crippen molar-refractivity contribution >= 4 is 0 Å². The van der Waals surface area contributed by atoms with Crippen LogP contribution in [0.2, 0.25) is 0 Å². The first-order chi connectivity index (χ1) is 9.86. The molecule has 1 saturated carbocycles. The Balaban J connectivity index is 1.75. The molecule has 2 N–H and O–H groups in total. The van der Waals surface area contributed by atoms with Crippen molar-refractivity contribution in [3.8, 4) is 0 Å². The monoisotopic (exact) mass is 271 g/mol. The molecule has 1 heterocycles. The van der Waals surface area contributed by atoms with E-state index in [4.69, 9.17) is 5.73 Å². The second-order valence-electron chi connectivity index (χ2n) is 5.55.